The summed E-state index contributed by atoms with van der Waals surface area (Å²) < 4.78 is 1.49. The van der Waals surface area contributed by atoms with E-state index in [1.165, 1.54) is 10.9 Å². The molecule has 2 aromatic heterocycles. The maximum absolute atomic E-state index is 12.3. The number of nitrogens with zero attached hydrogens (tertiary/aromatic N) is 2. The Morgan fingerprint density at radius 2 is 2.05 bits per heavy atom. The fraction of sp³-hybridized carbons (Fsp3) is 0.0714. The predicted molar refractivity (Wildman–Crippen MR) is 76.4 cm³/mol. The maximum atomic E-state index is 12.3. The number of hydrogen-bond donors (Lipinski definition) is 1. The zero-order chi connectivity index (χ0) is 14.1. The van der Waals surface area contributed by atoms with Crippen molar-refractivity contribution in [1.82, 2.24) is 9.55 Å². The van der Waals surface area contributed by atoms with E-state index in [1.54, 1.807) is 30.3 Å². The second-order valence-corrected chi connectivity index (χ2v) is 5.43. The lowest BCUT2D eigenvalue weighted by Gasteiger charge is -2.04. The Morgan fingerprint density at radius 3 is 2.80 bits per heavy atom. The van der Waals surface area contributed by atoms with Gasteiger partial charge in [0, 0.05) is 4.88 Å². The Labute approximate surface area is 117 Å². The van der Waals surface area contributed by atoms with Crippen molar-refractivity contribution in [3.63, 3.8) is 0 Å². The first kappa shape index (κ1) is 12.6. The van der Waals surface area contributed by atoms with Gasteiger partial charge < -0.3 is 5.11 Å². The van der Waals surface area contributed by atoms with E-state index in [9.17, 15) is 9.59 Å². The zero-order valence-corrected chi connectivity index (χ0v) is 11.1. The Hall–Kier alpha value is -2.47. The molecule has 3 rings (SSSR count). The number of carboxylic acid groups (broad SMARTS) is 1. The van der Waals surface area contributed by atoms with Crippen molar-refractivity contribution in [3.05, 3.63) is 62.8 Å². The van der Waals surface area contributed by atoms with E-state index in [0.29, 0.717) is 17.4 Å². The first-order valence-electron chi connectivity index (χ1n) is 5.91. The molecular weight excluding hydrogens is 276 g/mol. The zero-order valence-electron chi connectivity index (χ0n) is 10.3. The summed E-state index contributed by atoms with van der Waals surface area (Å²) in [5.41, 5.74) is 0.534. The van der Waals surface area contributed by atoms with Crippen molar-refractivity contribution in [1.29, 1.82) is 0 Å². The molecule has 0 unspecified atom stereocenters. The summed E-state index contributed by atoms with van der Waals surface area (Å²) in [6.45, 7) is 0.328. The molecule has 5 nitrogen and oxygen atoms in total. The van der Waals surface area contributed by atoms with Crippen molar-refractivity contribution in [2.24, 2.45) is 0 Å². The highest BCUT2D eigenvalue weighted by Gasteiger charge is 2.09. The minimum atomic E-state index is -0.953. The standard InChI is InChI=1S/C14H10N2O3S/c17-13-10-3-1-2-4-11(10)15-8-16(13)7-9-5-6-12(20-9)14(18)19/h1-6,8H,7H2,(H,18,19). The van der Waals surface area contributed by atoms with Crippen molar-refractivity contribution >= 4 is 28.2 Å². The number of benzene rings is 1. The van der Waals surface area contributed by atoms with E-state index >= 15 is 0 Å². The van der Waals surface area contributed by atoms with Gasteiger partial charge in [0.05, 0.1) is 23.8 Å². The van der Waals surface area contributed by atoms with Crippen LogP contribution in [0.25, 0.3) is 10.9 Å². The molecule has 0 spiro atoms. The minimum Gasteiger partial charge on any atom is -0.477 e. The summed E-state index contributed by atoms with van der Waals surface area (Å²) in [6.07, 6.45) is 1.49. The van der Waals surface area contributed by atoms with Crippen LogP contribution in [0.2, 0.25) is 0 Å². The lowest BCUT2D eigenvalue weighted by Crippen LogP contribution is -2.20. The number of aromatic nitrogens is 2. The van der Waals surface area contributed by atoms with E-state index in [4.69, 9.17) is 5.11 Å². The van der Waals surface area contributed by atoms with Gasteiger partial charge in [-0.15, -0.1) is 11.3 Å². The molecule has 1 N–H and O–H groups in total. The minimum absolute atomic E-state index is 0.124. The van der Waals surface area contributed by atoms with Gasteiger partial charge in [0.2, 0.25) is 0 Å². The van der Waals surface area contributed by atoms with Crippen molar-refractivity contribution in [3.8, 4) is 0 Å². The second kappa shape index (κ2) is 4.90. The molecular formula is C14H10N2O3S. The number of carbonyl (C=O) groups is 1. The Kier molecular flexibility index (Phi) is 3.08. The summed E-state index contributed by atoms with van der Waals surface area (Å²) in [7, 11) is 0. The smallest absolute Gasteiger partial charge is 0.345 e. The SMILES string of the molecule is O=C(O)c1ccc(Cn2cnc3ccccc3c2=O)s1. The average molecular weight is 286 g/mol. The largest absolute Gasteiger partial charge is 0.477 e. The Balaban J connectivity index is 2.00. The first-order chi connectivity index (χ1) is 9.65. The Bertz CT molecular complexity index is 851. The predicted octanol–water partition coefficient (Wildman–Crippen LogP) is 2.20. The number of aromatic carboxylic acids is 1. The molecule has 3 aromatic rings. The maximum Gasteiger partial charge on any atom is 0.345 e. The molecule has 100 valence electrons. The van der Waals surface area contributed by atoms with Crippen LogP contribution < -0.4 is 5.56 Å². The van der Waals surface area contributed by atoms with Gasteiger partial charge in [0.25, 0.3) is 5.56 Å². The average Bonchev–Trinajstić information content (AvgIpc) is 2.91. The fourth-order valence-electron chi connectivity index (χ4n) is 1.96. The van der Waals surface area contributed by atoms with Crippen molar-refractivity contribution in [2.75, 3.05) is 0 Å². The highest BCUT2D eigenvalue weighted by Crippen LogP contribution is 2.17. The molecule has 6 heteroatoms. The van der Waals surface area contributed by atoms with E-state index in [0.717, 1.165) is 16.2 Å². The summed E-state index contributed by atoms with van der Waals surface area (Å²) in [6, 6.07) is 10.4. The first-order valence-corrected chi connectivity index (χ1v) is 6.73. The van der Waals surface area contributed by atoms with Gasteiger partial charge in [-0.25, -0.2) is 9.78 Å². The summed E-state index contributed by atoms with van der Waals surface area (Å²) in [4.78, 5) is 28.4. The Morgan fingerprint density at radius 1 is 1.25 bits per heavy atom. The van der Waals surface area contributed by atoms with Crippen molar-refractivity contribution < 1.29 is 9.90 Å². The number of fused-ring (bicyclic) bond motifs is 1. The van der Waals surface area contributed by atoms with Crippen LogP contribution in [0.4, 0.5) is 0 Å². The molecule has 0 aliphatic rings. The van der Waals surface area contributed by atoms with Crippen LogP contribution in [-0.4, -0.2) is 20.6 Å². The quantitative estimate of drug-likeness (QED) is 0.801. The molecule has 0 saturated carbocycles. The van der Waals surface area contributed by atoms with Crippen LogP contribution in [0, 0.1) is 0 Å². The van der Waals surface area contributed by atoms with Crippen molar-refractivity contribution in [2.45, 2.75) is 6.54 Å². The molecule has 0 saturated heterocycles. The third-order valence-electron chi connectivity index (χ3n) is 2.93. The van der Waals surface area contributed by atoms with Gasteiger partial charge in [0.1, 0.15) is 4.88 Å². The fourth-order valence-corrected chi connectivity index (χ4v) is 2.81. The van der Waals surface area contributed by atoms with Crippen LogP contribution in [-0.2, 0) is 6.54 Å². The summed E-state index contributed by atoms with van der Waals surface area (Å²) >= 11 is 1.16. The van der Waals surface area contributed by atoms with Crippen LogP contribution in [0.3, 0.4) is 0 Å². The van der Waals surface area contributed by atoms with Gasteiger partial charge in [-0.1, -0.05) is 12.1 Å². The number of hydrogen-bond acceptors (Lipinski definition) is 4. The molecule has 0 aliphatic heterocycles. The molecule has 0 atom stereocenters. The van der Waals surface area contributed by atoms with Crippen LogP contribution >= 0.6 is 11.3 Å². The van der Waals surface area contributed by atoms with Gasteiger partial charge in [-0.3, -0.25) is 9.36 Å². The van der Waals surface area contributed by atoms with E-state index in [-0.39, 0.29) is 10.4 Å². The third kappa shape index (κ3) is 2.21. The van der Waals surface area contributed by atoms with Gasteiger partial charge in [-0.2, -0.15) is 0 Å². The number of para-hydroxylation sites is 1. The molecule has 0 radical (unpaired) electrons. The second-order valence-electron chi connectivity index (χ2n) is 4.27. The molecule has 20 heavy (non-hydrogen) atoms. The highest BCUT2D eigenvalue weighted by molar-refractivity contribution is 7.13. The normalized spacial score (nSPS) is 10.8. The van der Waals surface area contributed by atoms with Gasteiger partial charge in [0.15, 0.2) is 0 Å². The van der Waals surface area contributed by atoms with E-state index in [2.05, 4.69) is 4.98 Å². The topological polar surface area (TPSA) is 72.2 Å². The van der Waals surface area contributed by atoms with Gasteiger partial charge >= 0.3 is 5.97 Å². The van der Waals surface area contributed by atoms with Crippen LogP contribution in [0.15, 0.2) is 47.5 Å². The third-order valence-corrected chi connectivity index (χ3v) is 3.99. The molecule has 0 aliphatic carbocycles. The molecule has 0 bridgehead atoms. The van der Waals surface area contributed by atoms with E-state index < -0.39 is 5.97 Å². The van der Waals surface area contributed by atoms with Crippen LogP contribution in [0.5, 0.6) is 0 Å². The molecule has 2 heterocycles. The number of rotatable bonds is 3. The lowest BCUT2D eigenvalue weighted by molar-refractivity contribution is 0.0702. The molecule has 0 fully saturated rings. The molecule has 0 amide bonds. The van der Waals surface area contributed by atoms with Gasteiger partial charge in [-0.05, 0) is 24.3 Å². The molecule has 1 aromatic carbocycles. The highest BCUT2D eigenvalue weighted by atomic mass is 32.1. The van der Waals surface area contributed by atoms with E-state index in [1.807, 2.05) is 6.07 Å². The number of carboxylic acids is 1. The summed E-state index contributed by atoms with van der Waals surface area (Å²) in [5, 5.41) is 9.45. The summed E-state index contributed by atoms with van der Waals surface area (Å²) in [5.74, 6) is -0.953. The monoisotopic (exact) mass is 286 g/mol. The van der Waals surface area contributed by atoms with Crippen LogP contribution in [0.1, 0.15) is 14.5 Å². The number of thiophene rings is 1. The lowest BCUT2D eigenvalue weighted by atomic mass is 10.2.